The van der Waals surface area contributed by atoms with Gasteiger partial charge in [0, 0.05) is 20.1 Å². The Balaban J connectivity index is 2.16. The topological polar surface area (TPSA) is 87.2 Å². The number of methoxy groups -OCH3 is 1. The Bertz CT molecular complexity index is 646. The molecule has 1 heterocycles. The summed E-state index contributed by atoms with van der Waals surface area (Å²) in [7, 11) is -0.812. The number of aliphatic carboxylic acids is 1. The number of nitrogens with zero attached hydrogens (tertiary/aromatic N) is 2. The molecular formula is C14H20N2O5S. The van der Waals surface area contributed by atoms with Gasteiger partial charge in [-0.25, -0.2) is 0 Å². The minimum atomic E-state index is -3.81. The van der Waals surface area contributed by atoms with E-state index in [0.29, 0.717) is 18.6 Å². The van der Waals surface area contributed by atoms with Gasteiger partial charge in [-0.15, -0.1) is 0 Å². The molecule has 1 aliphatic rings. The van der Waals surface area contributed by atoms with Crippen molar-refractivity contribution < 1.29 is 23.1 Å². The summed E-state index contributed by atoms with van der Waals surface area (Å²) in [6.07, 6.45) is 0.907. The van der Waals surface area contributed by atoms with Gasteiger partial charge in [0.15, 0.2) is 0 Å². The molecule has 1 aromatic rings. The fourth-order valence-corrected chi connectivity index (χ4v) is 4.10. The number of carboxylic acids is 1. The van der Waals surface area contributed by atoms with Crippen molar-refractivity contribution in [3.8, 4) is 5.75 Å². The molecule has 2 rings (SSSR count). The van der Waals surface area contributed by atoms with Crippen LogP contribution in [0.1, 0.15) is 18.4 Å². The Labute approximate surface area is 130 Å². The number of rotatable bonds is 6. The van der Waals surface area contributed by atoms with Crippen molar-refractivity contribution in [2.45, 2.75) is 25.4 Å². The maximum Gasteiger partial charge on any atom is 0.322 e. The summed E-state index contributed by atoms with van der Waals surface area (Å²) < 4.78 is 32.5. The van der Waals surface area contributed by atoms with E-state index in [1.165, 1.54) is 11.4 Å². The van der Waals surface area contributed by atoms with Crippen molar-refractivity contribution in [3.05, 3.63) is 29.8 Å². The van der Waals surface area contributed by atoms with E-state index in [2.05, 4.69) is 0 Å². The summed E-state index contributed by atoms with van der Waals surface area (Å²) in [6.45, 7) is 0.393. The monoisotopic (exact) mass is 328 g/mol. The third-order valence-corrected chi connectivity index (χ3v) is 5.66. The molecule has 1 N–H and O–H groups in total. The Kier molecular flexibility index (Phi) is 5.05. The lowest BCUT2D eigenvalue weighted by atomic mass is 10.2. The molecule has 1 saturated heterocycles. The van der Waals surface area contributed by atoms with Crippen LogP contribution in [-0.2, 0) is 21.5 Å². The lowest BCUT2D eigenvalue weighted by Gasteiger charge is -2.27. The van der Waals surface area contributed by atoms with Crippen LogP contribution in [0.5, 0.6) is 5.75 Å². The summed E-state index contributed by atoms with van der Waals surface area (Å²) in [6, 6.07) is 6.14. The molecule has 0 aliphatic carbocycles. The number of carboxylic acid groups (broad SMARTS) is 1. The molecule has 1 fully saturated rings. The molecule has 8 heteroatoms. The molecule has 22 heavy (non-hydrogen) atoms. The first-order chi connectivity index (χ1) is 10.4. The van der Waals surface area contributed by atoms with Crippen molar-refractivity contribution in [1.29, 1.82) is 0 Å². The van der Waals surface area contributed by atoms with Crippen molar-refractivity contribution in [3.63, 3.8) is 0 Å². The molecule has 0 saturated carbocycles. The van der Waals surface area contributed by atoms with Crippen LogP contribution in [0.15, 0.2) is 24.3 Å². The summed E-state index contributed by atoms with van der Waals surface area (Å²) in [4.78, 5) is 11.2. The Morgan fingerprint density at radius 3 is 2.86 bits per heavy atom. The van der Waals surface area contributed by atoms with Crippen LogP contribution in [0.25, 0.3) is 0 Å². The number of carbonyl (C=O) groups is 1. The van der Waals surface area contributed by atoms with Gasteiger partial charge in [0.2, 0.25) is 0 Å². The van der Waals surface area contributed by atoms with Crippen LogP contribution in [0.3, 0.4) is 0 Å². The van der Waals surface area contributed by atoms with Gasteiger partial charge in [-0.05, 0) is 30.5 Å². The van der Waals surface area contributed by atoms with Gasteiger partial charge in [-0.3, -0.25) is 4.79 Å². The fraction of sp³-hybridized carbons (Fsp3) is 0.500. The lowest BCUT2D eigenvalue weighted by molar-refractivity contribution is -0.140. The van der Waals surface area contributed by atoms with E-state index in [0.717, 1.165) is 9.87 Å². The number of hydrogen-bond acceptors (Lipinski definition) is 4. The molecule has 0 unspecified atom stereocenters. The normalized spacial score (nSPS) is 19.5. The zero-order valence-corrected chi connectivity index (χ0v) is 13.4. The quantitative estimate of drug-likeness (QED) is 0.839. The first-order valence-corrected chi connectivity index (χ1v) is 8.35. The first-order valence-electron chi connectivity index (χ1n) is 6.95. The standard InChI is InChI=1S/C14H20N2O5S/c1-15(10-11-5-3-6-12(9-11)21-2)22(19,20)16-8-4-7-13(16)14(17)18/h3,5-6,9,13H,4,7-8,10H2,1-2H3,(H,17,18)/t13-/m1/s1. The van der Waals surface area contributed by atoms with Gasteiger partial charge < -0.3 is 9.84 Å². The third-order valence-electron chi connectivity index (χ3n) is 3.72. The van der Waals surface area contributed by atoms with E-state index in [-0.39, 0.29) is 13.1 Å². The number of benzene rings is 1. The largest absolute Gasteiger partial charge is 0.497 e. The lowest BCUT2D eigenvalue weighted by Crippen LogP contribution is -2.46. The van der Waals surface area contributed by atoms with Crippen molar-refractivity contribution in [1.82, 2.24) is 8.61 Å². The van der Waals surface area contributed by atoms with Crippen LogP contribution in [0, 0.1) is 0 Å². The van der Waals surface area contributed by atoms with Gasteiger partial charge >= 0.3 is 5.97 Å². The molecule has 122 valence electrons. The zero-order chi connectivity index (χ0) is 16.3. The smallest absolute Gasteiger partial charge is 0.322 e. The summed E-state index contributed by atoms with van der Waals surface area (Å²) >= 11 is 0. The second kappa shape index (κ2) is 6.64. The van der Waals surface area contributed by atoms with Crippen LogP contribution >= 0.6 is 0 Å². The van der Waals surface area contributed by atoms with Gasteiger partial charge in [0.05, 0.1) is 7.11 Å². The number of ether oxygens (including phenoxy) is 1. The summed E-state index contributed by atoms with van der Waals surface area (Å²) in [5.74, 6) is -0.455. The van der Waals surface area contributed by atoms with Gasteiger partial charge in [-0.2, -0.15) is 17.0 Å². The molecule has 0 aromatic heterocycles. The Hall–Kier alpha value is -1.64. The second-order valence-corrected chi connectivity index (χ2v) is 7.21. The third kappa shape index (κ3) is 3.40. The van der Waals surface area contributed by atoms with E-state index in [1.54, 1.807) is 31.4 Å². The fourth-order valence-electron chi connectivity index (χ4n) is 2.55. The Morgan fingerprint density at radius 1 is 1.50 bits per heavy atom. The molecule has 0 bridgehead atoms. The van der Waals surface area contributed by atoms with Crippen LogP contribution in [0.2, 0.25) is 0 Å². The molecule has 1 aliphatic heterocycles. The molecule has 1 aromatic carbocycles. The maximum atomic E-state index is 12.6. The minimum absolute atomic E-state index is 0.155. The average Bonchev–Trinajstić information content (AvgIpc) is 2.97. The summed E-state index contributed by atoms with van der Waals surface area (Å²) in [5.41, 5.74) is 0.775. The SMILES string of the molecule is COc1cccc(CN(C)S(=O)(=O)N2CCC[C@@H]2C(=O)O)c1. The molecule has 0 amide bonds. The molecule has 7 nitrogen and oxygen atoms in total. The van der Waals surface area contributed by atoms with Gasteiger partial charge in [-0.1, -0.05) is 12.1 Å². The van der Waals surface area contributed by atoms with Crippen LogP contribution < -0.4 is 4.74 Å². The van der Waals surface area contributed by atoms with Crippen LogP contribution in [0.4, 0.5) is 0 Å². The van der Waals surface area contributed by atoms with E-state index >= 15 is 0 Å². The second-order valence-electron chi connectivity index (χ2n) is 5.22. The highest BCUT2D eigenvalue weighted by Crippen LogP contribution is 2.24. The highest BCUT2D eigenvalue weighted by molar-refractivity contribution is 7.86. The maximum absolute atomic E-state index is 12.6. The molecule has 1 atom stereocenters. The van der Waals surface area contributed by atoms with E-state index < -0.39 is 22.2 Å². The number of hydrogen-bond donors (Lipinski definition) is 1. The highest BCUT2D eigenvalue weighted by Gasteiger charge is 2.40. The summed E-state index contributed by atoms with van der Waals surface area (Å²) in [5, 5.41) is 9.15. The van der Waals surface area contributed by atoms with Crippen LogP contribution in [-0.4, -0.2) is 54.8 Å². The predicted octanol–water partition coefficient (Wildman–Crippen LogP) is 0.921. The van der Waals surface area contributed by atoms with E-state index in [4.69, 9.17) is 9.84 Å². The minimum Gasteiger partial charge on any atom is -0.497 e. The van der Waals surface area contributed by atoms with Crippen molar-refractivity contribution >= 4 is 16.2 Å². The van der Waals surface area contributed by atoms with Crippen molar-refractivity contribution in [2.75, 3.05) is 20.7 Å². The van der Waals surface area contributed by atoms with Gasteiger partial charge in [0.25, 0.3) is 10.2 Å². The molecule has 0 spiro atoms. The zero-order valence-electron chi connectivity index (χ0n) is 12.6. The van der Waals surface area contributed by atoms with E-state index in [9.17, 15) is 13.2 Å². The Morgan fingerprint density at radius 2 is 2.23 bits per heavy atom. The van der Waals surface area contributed by atoms with Gasteiger partial charge in [0.1, 0.15) is 11.8 Å². The highest BCUT2D eigenvalue weighted by atomic mass is 32.2. The molecule has 0 radical (unpaired) electrons. The van der Waals surface area contributed by atoms with E-state index in [1.807, 2.05) is 0 Å². The average molecular weight is 328 g/mol. The van der Waals surface area contributed by atoms with Crippen molar-refractivity contribution in [2.24, 2.45) is 0 Å². The predicted molar refractivity (Wildman–Crippen MR) is 80.7 cm³/mol. The molecular weight excluding hydrogens is 308 g/mol. The first kappa shape index (κ1) is 16.7.